The van der Waals surface area contributed by atoms with Crippen molar-refractivity contribution in [2.45, 2.75) is 32.1 Å². The maximum atomic E-state index is 12.9. The molecule has 1 saturated heterocycles. The maximum absolute atomic E-state index is 12.9. The molecule has 1 aromatic heterocycles. The number of piperazine rings is 1. The second-order valence-corrected chi connectivity index (χ2v) is 9.32. The van der Waals surface area contributed by atoms with Gasteiger partial charge in [0.25, 0.3) is 0 Å². The van der Waals surface area contributed by atoms with Gasteiger partial charge in [0.1, 0.15) is 0 Å². The molecule has 0 saturated carbocycles. The van der Waals surface area contributed by atoms with Gasteiger partial charge in [0.05, 0.1) is 5.56 Å². The lowest BCUT2D eigenvalue weighted by Crippen LogP contribution is -2.46. The summed E-state index contributed by atoms with van der Waals surface area (Å²) in [6.07, 6.45) is -2.03. The largest absolute Gasteiger partial charge is 0.416 e. The van der Waals surface area contributed by atoms with Gasteiger partial charge in [-0.15, -0.1) is 0 Å². The smallest absolute Gasteiger partial charge is 0.357 e. The van der Waals surface area contributed by atoms with Crippen LogP contribution in [0.15, 0.2) is 48.5 Å². The molecule has 0 atom stereocenters. The first-order valence-electron chi connectivity index (χ1n) is 11.9. The highest BCUT2D eigenvalue weighted by molar-refractivity contribution is 5.84. The molecule has 0 radical (unpaired) electrons. The number of rotatable bonds is 6. The second-order valence-electron chi connectivity index (χ2n) is 9.32. The van der Waals surface area contributed by atoms with Crippen LogP contribution >= 0.6 is 0 Å². The molecule has 7 heteroatoms. The Balaban J connectivity index is 1.05. The Bertz CT molecular complexity index is 1080. The average molecular weight is 457 g/mol. The van der Waals surface area contributed by atoms with Gasteiger partial charge < -0.3 is 9.88 Å². The summed E-state index contributed by atoms with van der Waals surface area (Å²) in [5.74, 6) is 0. The lowest BCUT2D eigenvalue weighted by molar-refractivity contribution is -0.137. The molecule has 2 aliphatic rings. The topological polar surface area (TPSA) is 25.5 Å². The molecule has 3 heterocycles. The number of benzene rings is 2. The number of nitrogens with one attached hydrogen (secondary N) is 1. The van der Waals surface area contributed by atoms with E-state index in [9.17, 15) is 13.2 Å². The van der Waals surface area contributed by atoms with E-state index in [1.807, 2.05) is 0 Å². The molecule has 4 nitrogen and oxygen atoms in total. The summed E-state index contributed by atoms with van der Waals surface area (Å²) in [5.41, 5.74) is 4.27. The number of hydrogen-bond acceptors (Lipinski definition) is 3. The van der Waals surface area contributed by atoms with E-state index in [4.69, 9.17) is 0 Å². The van der Waals surface area contributed by atoms with Gasteiger partial charge in [-0.05, 0) is 49.2 Å². The Morgan fingerprint density at radius 3 is 2.39 bits per heavy atom. The molecular formula is C26H31F3N4. The van der Waals surface area contributed by atoms with Gasteiger partial charge in [0.2, 0.25) is 0 Å². The van der Waals surface area contributed by atoms with Crippen LogP contribution in [0.4, 0.5) is 13.2 Å². The third-order valence-electron chi connectivity index (χ3n) is 7.04. The number of hydrogen-bond donors (Lipinski definition) is 1. The SMILES string of the molecule is FC(F)(F)c1cccc(CN2CCN(CCCN3CCc4c([nH]c5ccccc45)C3)CC2)c1. The van der Waals surface area contributed by atoms with E-state index in [0.29, 0.717) is 6.54 Å². The average Bonchev–Trinajstić information content (AvgIpc) is 3.18. The Morgan fingerprint density at radius 1 is 0.818 bits per heavy atom. The number of fused-ring (bicyclic) bond motifs is 3. The minimum absolute atomic E-state index is 0.559. The predicted molar refractivity (Wildman–Crippen MR) is 125 cm³/mol. The number of para-hydroxylation sites is 1. The van der Waals surface area contributed by atoms with Crippen molar-refractivity contribution in [3.8, 4) is 0 Å². The summed E-state index contributed by atoms with van der Waals surface area (Å²) in [6, 6.07) is 14.3. The number of halogens is 3. The number of nitrogens with zero attached hydrogens (tertiary/aromatic N) is 3. The van der Waals surface area contributed by atoms with Crippen molar-refractivity contribution in [2.75, 3.05) is 45.8 Å². The van der Waals surface area contributed by atoms with Crippen molar-refractivity contribution in [1.82, 2.24) is 19.7 Å². The normalized spacial score (nSPS) is 18.6. The molecule has 33 heavy (non-hydrogen) atoms. The number of alkyl halides is 3. The predicted octanol–water partition coefficient (Wildman–Crippen LogP) is 4.75. The molecule has 0 amide bonds. The van der Waals surface area contributed by atoms with Crippen LogP contribution in [0, 0.1) is 0 Å². The minimum Gasteiger partial charge on any atom is -0.357 e. The van der Waals surface area contributed by atoms with E-state index in [1.165, 1.54) is 34.3 Å². The second kappa shape index (κ2) is 9.49. The molecule has 0 spiro atoms. The monoisotopic (exact) mass is 456 g/mol. The Morgan fingerprint density at radius 2 is 1.58 bits per heavy atom. The fourth-order valence-electron chi connectivity index (χ4n) is 5.23. The van der Waals surface area contributed by atoms with Crippen LogP contribution in [0.2, 0.25) is 0 Å². The van der Waals surface area contributed by atoms with Crippen molar-refractivity contribution in [3.05, 3.63) is 70.9 Å². The van der Waals surface area contributed by atoms with Crippen LogP contribution in [0.25, 0.3) is 10.9 Å². The molecule has 0 aliphatic carbocycles. The Hall–Kier alpha value is -2.35. The van der Waals surface area contributed by atoms with Crippen LogP contribution in [0.3, 0.4) is 0 Å². The van der Waals surface area contributed by atoms with E-state index in [0.717, 1.165) is 76.8 Å². The molecule has 1 N–H and O–H groups in total. The summed E-state index contributed by atoms with van der Waals surface area (Å²) in [5, 5.41) is 1.37. The maximum Gasteiger partial charge on any atom is 0.416 e. The molecule has 2 aliphatic heterocycles. The standard InChI is InChI=1S/C26H31F3N4/c27-26(28,29)21-6-3-5-20(17-21)18-33-15-13-31(14-16-33)10-4-11-32-12-9-23-22-7-1-2-8-24(22)30-25(23)19-32/h1-3,5-8,17,30H,4,9-16,18-19H2. The molecule has 1 fully saturated rings. The van der Waals surface area contributed by atoms with E-state index >= 15 is 0 Å². The number of aromatic nitrogens is 1. The quantitative estimate of drug-likeness (QED) is 0.580. The highest BCUT2D eigenvalue weighted by Crippen LogP contribution is 2.30. The number of H-pyrrole nitrogens is 1. The van der Waals surface area contributed by atoms with Crippen LogP contribution in [-0.4, -0.2) is 65.5 Å². The van der Waals surface area contributed by atoms with E-state index in [1.54, 1.807) is 6.07 Å². The van der Waals surface area contributed by atoms with Crippen molar-refractivity contribution in [3.63, 3.8) is 0 Å². The lowest BCUT2D eigenvalue weighted by Gasteiger charge is -2.35. The zero-order chi connectivity index (χ0) is 22.8. The Kier molecular flexibility index (Phi) is 6.45. The first-order chi connectivity index (χ1) is 16.0. The molecule has 176 valence electrons. The molecule has 3 aromatic rings. The zero-order valence-electron chi connectivity index (χ0n) is 18.9. The summed E-state index contributed by atoms with van der Waals surface area (Å²) in [6.45, 7) is 8.62. The molecule has 0 bridgehead atoms. The zero-order valence-corrected chi connectivity index (χ0v) is 18.9. The Labute approximate surface area is 193 Å². The van der Waals surface area contributed by atoms with Gasteiger partial charge >= 0.3 is 6.18 Å². The van der Waals surface area contributed by atoms with Gasteiger partial charge in [-0.3, -0.25) is 9.80 Å². The lowest BCUT2D eigenvalue weighted by atomic mass is 10.0. The van der Waals surface area contributed by atoms with Gasteiger partial charge in [0, 0.05) is 62.4 Å². The first-order valence-corrected chi connectivity index (χ1v) is 11.9. The van der Waals surface area contributed by atoms with Crippen LogP contribution < -0.4 is 0 Å². The van der Waals surface area contributed by atoms with Gasteiger partial charge in [-0.1, -0.05) is 36.4 Å². The van der Waals surface area contributed by atoms with Gasteiger partial charge in [0.15, 0.2) is 0 Å². The van der Waals surface area contributed by atoms with Crippen LogP contribution in [-0.2, 0) is 25.7 Å². The van der Waals surface area contributed by atoms with E-state index in [-0.39, 0.29) is 0 Å². The molecule has 5 rings (SSSR count). The van der Waals surface area contributed by atoms with Crippen LogP contribution in [0.1, 0.15) is 28.8 Å². The third kappa shape index (κ3) is 5.26. The van der Waals surface area contributed by atoms with Crippen molar-refractivity contribution in [2.24, 2.45) is 0 Å². The molecule has 2 aromatic carbocycles. The highest BCUT2D eigenvalue weighted by atomic mass is 19.4. The first kappa shape index (κ1) is 22.4. The molecular weight excluding hydrogens is 425 g/mol. The summed E-state index contributed by atoms with van der Waals surface area (Å²) in [7, 11) is 0. The fourth-order valence-corrected chi connectivity index (χ4v) is 5.23. The van der Waals surface area contributed by atoms with E-state index in [2.05, 4.69) is 43.9 Å². The van der Waals surface area contributed by atoms with Crippen molar-refractivity contribution >= 4 is 10.9 Å². The third-order valence-corrected chi connectivity index (χ3v) is 7.04. The summed E-state index contributed by atoms with van der Waals surface area (Å²) in [4.78, 5) is 10.9. The summed E-state index contributed by atoms with van der Waals surface area (Å²) < 4.78 is 38.8. The van der Waals surface area contributed by atoms with Crippen LogP contribution in [0.5, 0.6) is 0 Å². The minimum atomic E-state index is -4.28. The fraction of sp³-hybridized carbons (Fsp3) is 0.462. The van der Waals surface area contributed by atoms with Gasteiger partial charge in [-0.25, -0.2) is 0 Å². The van der Waals surface area contributed by atoms with E-state index < -0.39 is 11.7 Å². The van der Waals surface area contributed by atoms with Gasteiger partial charge in [-0.2, -0.15) is 13.2 Å². The number of aromatic amines is 1. The molecule has 0 unspecified atom stereocenters. The summed E-state index contributed by atoms with van der Waals surface area (Å²) >= 11 is 0. The van der Waals surface area contributed by atoms with Crippen molar-refractivity contribution < 1.29 is 13.2 Å². The van der Waals surface area contributed by atoms with Crippen molar-refractivity contribution in [1.29, 1.82) is 0 Å². The highest BCUT2D eigenvalue weighted by Gasteiger charge is 2.30.